The van der Waals surface area contributed by atoms with Crippen molar-refractivity contribution in [2.24, 2.45) is 5.10 Å². The van der Waals surface area contributed by atoms with E-state index >= 15 is 0 Å². The summed E-state index contributed by atoms with van der Waals surface area (Å²) >= 11 is 11.7. The number of anilines is 2. The maximum atomic E-state index is 12.0. The minimum Gasteiger partial charge on any atom is -0.495 e. The van der Waals surface area contributed by atoms with Crippen molar-refractivity contribution in [1.29, 1.82) is 0 Å². The number of furan rings is 1. The molecule has 3 aromatic rings. The van der Waals surface area contributed by atoms with Crippen molar-refractivity contribution in [3.05, 3.63) is 76.2 Å². The molecule has 4 amide bonds. The van der Waals surface area contributed by atoms with Gasteiger partial charge in [0.25, 0.3) is 0 Å². The summed E-state index contributed by atoms with van der Waals surface area (Å²) in [5.74, 6) is -2.83. The van der Waals surface area contributed by atoms with E-state index in [1.807, 2.05) is 0 Å². The average molecular weight is 532 g/mol. The number of amides is 4. The van der Waals surface area contributed by atoms with Gasteiger partial charge in [0.15, 0.2) is 0 Å². The zero-order valence-corrected chi connectivity index (χ0v) is 20.1. The first-order valence-corrected chi connectivity index (χ1v) is 10.9. The lowest BCUT2D eigenvalue weighted by molar-refractivity contribution is -0.136. The molecule has 1 heterocycles. The number of hydrogen-bond acceptors (Lipinski definition) is 7. The predicted molar refractivity (Wildman–Crippen MR) is 133 cm³/mol. The highest BCUT2D eigenvalue weighted by Gasteiger charge is 2.16. The number of nitrogens with one attached hydrogen (secondary N) is 4. The van der Waals surface area contributed by atoms with Crippen LogP contribution >= 0.6 is 23.2 Å². The fraction of sp³-hybridized carbons (Fsp3) is 0.0870. The maximum absolute atomic E-state index is 12.0. The minimum atomic E-state index is -1.01. The molecule has 0 bridgehead atoms. The Hall–Kier alpha value is -4.35. The van der Waals surface area contributed by atoms with Crippen LogP contribution in [0.25, 0.3) is 0 Å². The van der Waals surface area contributed by atoms with Gasteiger partial charge < -0.3 is 25.1 Å². The van der Waals surface area contributed by atoms with Crippen LogP contribution in [0, 0.1) is 0 Å². The SMILES string of the molecule is COc1ccccc1NC(=O)C(=O)N/N=C/c1ccc(CNC(=O)C(=O)Nc2ccc(Cl)c(Cl)c2)o1. The van der Waals surface area contributed by atoms with E-state index in [9.17, 15) is 19.2 Å². The van der Waals surface area contributed by atoms with E-state index in [1.165, 1.54) is 37.4 Å². The molecule has 11 nitrogen and oxygen atoms in total. The van der Waals surface area contributed by atoms with Gasteiger partial charge in [-0.2, -0.15) is 5.10 Å². The number of para-hydroxylation sites is 2. The lowest BCUT2D eigenvalue weighted by atomic mass is 10.3. The number of carbonyl (C=O) groups excluding carboxylic acids is 4. The number of methoxy groups -OCH3 is 1. The number of rotatable bonds is 7. The standard InChI is InChI=1S/C23H19Cl2N5O6/c1-35-19-5-3-2-4-18(19)29-22(33)23(34)30-27-12-15-8-7-14(36-15)11-26-20(31)21(32)28-13-6-9-16(24)17(25)10-13/h2-10,12H,11H2,1H3,(H,26,31)(H,28,32)(H,29,33)(H,30,34)/b27-12+. The van der Waals surface area contributed by atoms with Crippen molar-refractivity contribution in [2.45, 2.75) is 6.54 Å². The van der Waals surface area contributed by atoms with E-state index in [0.29, 0.717) is 27.9 Å². The van der Waals surface area contributed by atoms with Gasteiger partial charge in [-0.25, -0.2) is 5.43 Å². The first kappa shape index (κ1) is 26.3. The smallest absolute Gasteiger partial charge is 0.329 e. The summed E-state index contributed by atoms with van der Waals surface area (Å²) in [5, 5.41) is 11.4. The van der Waals surface area contributed by atoms with Crippen LogP contribution in [-0.4, -0.2) is 37.0 Å². The minimum absolute atomic E-state index is 0.0882. The third-order valence-electron chi connectivity index (χ3n) is 4.41. The first-order chi connectivity index (χ1) is 17.3. The molecule has 0 aliphatic carbocycles. The van der Waals surface area contributed by atoms with Crippen molar-refractivity contribution in [1.82, 2.24) is 10.7 Å². The Bertz CT molecular complexity index is 1320. The highest BCUT2D eigenvalue weighted by molar-refractivity contribution is 6.43. The van der Waals surface area contributed by atoms with Gasteiger partial charge in [0, 0.05) is 5.69 Å². The maximum Gasteiger partial charge on any atom is 0.329 e. The summed E-state index contributed by atoms with van der Waals surface area (Å²) in [6.07, 6.45) is 1.16. The Kier molecular flexibility index (Phi) is 9.03. The van der Waals surface area contributed by atoms with Gasteiger partial charge in [-0.1, -0.05) is 35.3 Å². The van der Waals surface area contributed by atoms with Crippen LogP contribution in [0.2, 0.25) is 10.0 Å². The van der Waals surface area contributed by atoms with E-state index in [-0.39, 0.29) is 17.3 Å². The van der Waals surface area contributed by atoms with Crippen molar-refractivity contribution in [2.75, 3.05) is 17.7 Å². The molecular weight excluding hydrogens is 513 g/mol. The molecule has 0 fully saturated rings. The number of hydrogen-bond donors (Lipinski definition) is 4. The van der Waals surface area contributed by atoms with Crippen LogP contribution in [0.3, 0.4) is 0 Å². The second kappa shape index (κ2) is 12.4. The molecule has 0 unspecified atom stereocenters. The number of nitrogens with zero attached hydrogens (tertiary/aromatic N) is 1. The number of hydrazone groups is 1. The summed E-state index contributed by atoms with van der Waals surface area (Å²) in [7, 11) is 1.44. The molecule has 2 aromatic carbocycles. The van der Waals surface area contributed by atoms with Crippen molar-refractivity contribution >= 4 is 64.4 Å². The molecule has 0 saturated heterocycles. The summed E-state index contributed by atoms with van der Waals surface area (Å²) in [6.45, 7) is -0.0882. The zero-order valence-electron chi connectivity index (χ0n) is 18.6. The van der Waals surface area contributed by atoms with Gasteiger partial charge >= 0.3 is 23.6 Å². The normalized spacial score (nSPS) is 10.5. The van der Waals surface area contributed by atoms with Gasteiger partial charge in [0.05, 0.1) is 35.6 Å². The molecule has 186 valence electrons. The van der Waals surface area contributed by atoms with Crippen molar-refractivity contribution in [3.63, 3.8) is 0 Å². The first-order valence-electron chi connectivity index (χ1n) is 10.2. The number of benzene rings is 2. The Morgan fingerprint density at radius 1 is 0.917 bits per heavy atom. The summed E-state index contributed by atoms with van der Waals surface area (Å²) < 4.78 is 10.5. The molecule has 13 heteroatoms. The third kappa shape index (κ3) is 7.32. The van der Waals surface area contributed by atoms with Gasteiger partial charge in [0.2, 0.25) is 0 Å². The van der Waals surface area contributed by atoms with Gasteiger partial charge in [-0.05, 0) is 42.5 Å². The Labute approximate surface area is 214 Å². The second-order valence-electron chi connectivity index (χ2n) is 6.92. The Balaban J connectivity index is 1.45. The molecule has 36 heavy (non-hydrogen) atoms. The van der Waals surface area contributed by atoms with Gasteiger partial charge in [0.1, 0.15) is 17.3 Å². The van der Waals surface area contributed by atoms with Crippen molar-refractivity contribution in [3.8, 4) is 5.75 Å². The van der Waals surface area contributed by atoms with Crippen LogP contribution in [-0.2, 0) is 25.7 Å². The molecule has 0 saturated carbocycles. The quantitative estimate of drug-likeness (QED) is 0.209. The van der Waals surface area contributed by atoms with Gasteiger partial charge in [-0.3, -0.25) is 19.2 Å². The van der Waals surface area contributed by atoms with E-state index in [4.69, 9.17) is 32.4 Å². The number of carbonyl (C=O) groups is 4. The molecule has 4 N–H and O–H groups in total. The summed E-state index contributed by atoms with van der Waals surface area (Å²) in [6, 6.07) is 14.0. The van der Waals surface area contributed by atoms with Crippen LogP contribution in [0.15, 0.2) is 64.1 Å². The summed E-state index contributed by atoms with van der Waals surface area (Å²) in [4.78, 5) is 48.0. The largest absolute Gasteiger partial charge is 0.495 e. The van der Waals surface area contributed by atoms with Crippen LogP contribution in [0.5, 0.6) is 5.75 Å². The van der Waals surface area contributed by atoms with Crippen molar-refractivity contribution < 1.29 is 28.3 Å². The highest BCUT2D eigenvalue weighted by atomic mass is 35.5. The predicted octanol–water partition coefficient (Wildman–Crippen LogP) is 2.94. The van der Waals surface area contributed by atoms with E-state index in [0.717, 1.165) is 6.21 Å². The van der Waals surface area contributed by atoms with E-state index < -0.39 is 23.6 Å². The van der Waals surface area contributed by atoms with Crippen LogP contribution in [0.4, 0.5) is 11.4 Å². The van der Waals surface area contributed by atoms with E-state index in [2.05, 4.69) is 26.5 Å². The molecule has 0 aliphatic heterocycles. The van der Waals surface area contributed by atoms with Gasteiger partial charge in [-0.15, -0.1) is 0 Å². The Morgan fingerprint density at radius 3 is 2.42 bits per heavy atom. The molecule has 0 radical (unpaired) electrons. The lowest BCUT2D eigenvalue weighted by Crippen LogP contribution is -2.34. The molecule has 0 aliphatic rings. The fourth-order valence-electron chi connectivity index (χ4n) is 2.70. The Morgan fingerprint density at radius 2 is 1.67 bits per heavy atom. The molecule has 0 spiro atoms. The average Bonchev–Trinajstić information content (AvgIpc) is 3.32. The summed E-state index contributed by atoms with van der Waals surface area (Å²) in [5.41, 5.74) is 2.70. The molecule has 0 atom stereocenters. The van der Waals surface area contributed by atoms with E-state index in [1.54, 1.807) is 24.3 Å². The molecule has 3 rings (SSSR count). The third-order valence-corrected chi connectivity index (χ3v) is 5.15. The lowest BCUT2D eigenvalue weighted by Gasteiger charge is -2.08. The monoisotopic (exact) mass is 531 g/mol. The fourth-order valence-corrected chi connectivity index (χ4v) is 3.00. The number of ether oxygens (including phenoxy) is 1. The topological polar surface area (TPSA) is 151 Å². The van der Waals surface area contributed by atoms with Crippen LogP contribution < -0.4 is 26.1 Å². The second-order valence-corrected chi connectivity index (χ2v) is 7.74. The molecule has 1 aromatic heterocycles. The zero-order chi connectivity index (χ0) is 26.1. The number of halogens is 2. The van der Waals surface area contributed by atoms with Crippen LogP contribution in [0.1, 0.15) is 11.5 Å². The molecular formula is C23H19Cl2N5O6. The highest BCUT2D eigenvalue weighted by Crippen LogP contribution is 2.25.